The summed E-state index contributed by atoms with van der Waals surface area (Å²) in [7, 11) is 0. The van der Waals surface area contributed by atoms with E-state index in [-0.39, 0.29) is 12.1 Å². The molecule has 0 bridgehead atoms. The van der Waals surface area contributed by atoms with Crippen LogP contribution in [0.2, 0.25) is 0 Å². The molecule has 0 aliphatic rings. The third-order valence-corrected chi connectivity index (χ3v) is 1.27. The van der Waals surface area contributed by atoms with Crippen LogP contribution >= 0.6 is 0 Å². The number of nitrogens with zero attached hydrogens (tertiary/aromatic N) is 1. The Kier molecular flexibility index (Phi) is 2.34. The number of hydroxylamine groups is 1. The van der Waals surface area contributed by atoms with Gasteiger partial charge in [-0.25, -0.2) is 5.48 Å². The Morgan fingerprint density at radius 3 is 2.75 bits per heavy atom. The highest BCUT2D eigenvalue weighted by Gasteiger charge is 2.35. The van der Waals surface area contributed by atoms with E-state index in [0.717, 1.165) is 6.20 Å². The van der Waals surface area contributed by atoms with Crippen LogP contribution in [-0.2, 0) is 12.7 Å². The van der Waals surface area contributed by atoms with Crippen LogP contribution in [0.4, 0.5) is 13.2 Å². The Hall–Kier alpha value is -1.08. The largest absolute Gasteiger partial charge is 0.433 e. The van der Waals surface area contributed by atoms with E-state index in [4.69, 9.17) is 5.21 Å². The zero-order chi connectivity index (χ0) is 9.19. The first-order valence-corrected chi connectivity index (χ1v) is 3.02. The third-order valence-electron chi connectivity index (χ3n) is 1.27. The molecule has 12 heavy (non-hydrogen) atoms. The van der Waals surface area contributed by atoms with Gasteiger partial charge in [0.15, 0.2) is 0 Å². The van der Waals surface area contributed by atoms with E-state index >= 15 is 0 Å². The number of H-pyrrole nitrogens is 1. The molecule has 0 spiro atoms. The predicted octanol–water partition coefficient (Wildman–Crippen LogP) is 0.907. The van der Waals surface area contributed by atoms with Gasteiger partial charge in [0.2, 0.25) is 0 Å². The van der Waals surface area contributed by atoms with E-state index in [1.54, 1.807) is 10.6 Å². The van der Waals surface area contributed by atoms with Gasteiger partial charge in [-0.3, -0.25) is 5.10 Å². The monoisotopic (exact) mass is 181 g/mol. The molecule has 0 unspecified atom stereocenters. The van der Waals surface area contributed by atoms with Gasteiger partial charge < -0.3 is 5.21 Å². The summed E-state index contributed by atoms with van der Waals surface area (Å²) < 4.78 is 36.1. The average Bonchev–Trinajstić information content (AvgIpc) is 2.34. The highest BCUT2D eigenvalue weighted by molar-refractivity contribution is 5.18. The molecule has 7 heteroatoms. The fraction of sp³-hybridized carbons (Fsp3) is 0.400. The first kappa shape index (κ1) is 9.01. The molecule has 0 aliphatic heterocycles. The van der Waals surface area contributed by atoms with Crippen molar-refractivity contribution in [3.05, 3.63) is 17.5 Å². The van der Waals surface area contributed by atoms with Gasteiger partial charge in [0.05, 0.1) is 6.20 Å². The van der Waals surface area contributed by atoms with Gasteiger partial charge in [-0.2, -0.15) is 18.3 Å². The van der Waals surface area contributed by atoms with Crippen molar-refractivity contribution in [3.63, 3.8) is 0 Å². The van der Waals surface area contributed by atoms with Crippen LogP contribution in [0.3, 0.4) is 0 Å². The molecule has 0 saturated heterocycles. The van der Waals surface area contributed by atoms with Gasteiger partial charge in [0.1, 0.15) is 5.69 Å². The van der Waals surface area contributed by atoms with Crippen molar-refractivity contribution in [2.75, 3.05) is 0 Å². The molecule has 4 nitrogen and oxygen atoms in total. The van der Waals surface area contributed by atoms with Crippen molar-refractivity contribution in [2.24, 2.45) is 0 Å². The first-order chi connectivity index (χ1) is 5.55. The number of hydrogen-bond donors (Lipinski definition) is 3. The van der Waals surface area contributed by atoms with Gasteiger partial charge in [0, 0.05) is 12.1 Å². The second-order valence-electron chi connectivity index (χ2n) is 2.10. The molecule has 0 aromatic carbocycles. The topological polar surface area (TPSA) is 60.9 Å². The van der Waals surface area contributed by atoms with Gasteiger partial charge in [-0.15, -0.1) is 0 Å². The molecular formula is C5H6F3N3O. The van der Waals surface area contributed by atoms with Crippen LogP contribution in [-0.4, -0.2) is 15.4 Å². The Morgan fingerprint density at radius 1 is 1.58 bits per heavy atom. The van der Waals surface area contributed by atoms with Crippen LogP contribution in [0.15, 0.2) is 6.20 Å². The van der Waals surface area contributed by atoms with E-state index in [9.17, 15) is 13.2 Å². The Bertz CT molecular complexity index is 257. The lowest BCUT2D eigenvalue weighted by atomic mass is 10.2. The zero-order valence-electron chi connectivity index (χ0n) is 5.81. The van der Waals surface area contributed by atoms with E-state index in [1.807, 2.05) is 0 Å². The summed E-state index contributed by atoms with van der Waals surface area (Å²) in [5.74, 6) is 0. The molecule has 0 saturated carbocycles. The third kappa shape index (κ3) is 1.74. The minimum atomic E-state index is -4.46. The highest BCUT2D eigenvalue weighted by Crippen LogP contribution is 2.29. The molecule has 0 aliphatic carbocycles. The summed E-state index contributed by atoms with van der Waals surface area (Å²) in [6.45, 7) is -0.286. The molecule has 1 rings (SSSR count). The molecule has 0 amide bonds. The van der Waals surface area contributed by atoms with Gasteiger partial charge in [-0.1, -0.05) is 0 Å². The highest BCUT2D eigenvalue weighted by atomic mass is 19.4. The number of aromatic nitrogens is 2. The van der Waals surface area contributed by atoms with Crippen molar-refractivity contribution in [1.29, 1.82) is 0 Å². The number of hydrogen-bond acceptors (Lipinski definition) is 3. The zero-order valence-corrected chi connectivity index (χ0v) is 5.81. The second kappa shape index (κ2) is 3.11. The van der Waals surface area contributed by atoms with Crippen molar-refractivity contribution in [1.82, 2.24) is 15.7 Å². The van der Waals surface area contributed by atoms with Crippen molar-refractivity contribution >= 4 is 0 Å². The lowest BCUT2D eigenvalue weighted by Crippen LogP contribution is -2.13. The molecule has 0 fully saturated rings. The summed E-state index contributed by atoms with van der Waals surface area (Å²) in [6.07, 6.45) is -3.45. The molecule has 68 valence electrons. The normalized spacial score (nSPS) is 12.0. The molecule has 1 aromatic heterocycles. The van der Waals surface area contributed by atoms with Crippen molar-refractivity contribution in [3.8, 4) is 0 Å². The summed E-state index contributed by atoms with van der Waals surface area (Å²) in [5, 5.41) is 13.2. The van der Waals surface area contributed by atoms with Gasteiger partial charge >= 0.3 is 6.18 Å². The second-order valence-corrected chi connectivity index (χ2v) is 2.10. The van der Waals surface area contributed by atoms with Gasteiger partial charge in [0.25, 0.3) is 0 Å². The number of nitrogens with one attached hydrogen (secondary N) is 2. The van der Waals surface area contributed by atoms with Crippen LogP contribution in [0.1, 0.15) is 11.3 Å². The van der Waals surface area contributed by atoms with Gasteiger partial charge in [-0.05, 0) is 0 Å². The smallest absolute Gasteiger partial charge is 0.316 e. The van der Waals surface area contributed by atoms with Crippen molar-refractivity contribution in [2.45, 2.75) is 12.7 Å². The maximum atomic E-state index is 12.0. The molecule has 3 N–H and O–H groups in total. The van der Waals surface area contributed by atoms with E-state index in [1.165, 1.54) is 0 Å². The predicted molar refractivity (Wildman–Crippen MR) is 32.2 cm³/mol. The van der Waals surface area contributed by atoms with Crippen LogP contribution < -0.4 is 5.48 Å². The molecule has 0 atom stereocenters. The molecule has 1 heterocycles. The lowest BCUT2D eigenvalue weighted by molar-refractivity contribution is -0.142. The van der Waals surface area contributed by atoms with Crippen LogP contribution in [0.5, 0.6) is 0 Å². The van der Waals surface area contributed by atoms with Crippen molar-refractivity contribution < 1.29 is 18.4 Å². The maximum absolute atomic E-state index is 12.0. The fourth-order valence-electron chi connectivity index (χ4n) is 0.776. The minimum Gasteiger partial charge on any atom is -0.316 e. The van der Waals surface area contributed by atoms with Crippen LogP contribution in [0.25, 0.3) is 0 Å². The Labute approximate surface area is 65.4 Å². The summed E-state index contributed by atoms with van der Waals surface area (Å²) in [6, 6.07) is 0. The molecule has 0 radical (unpaired) electrons. The SMILES string of the molecule is ONCc1cn[nH]c1C(F)(F)F. The van der Waals surface area contributed by atoms with E-state index in [2.05, 4.69) is 5.10 Å². The number of rotatable bonds is 2. The summed E-state index contributed by atoms with van der Waals surface area (Å²) in [5.41, 5.74) is 0.562. The Morgan fingerprint density at radius 2 is 2.25 bits per heavy atom. The van der Waals surface area contributed by atoms with E-state index in [0.29, 0.717) is 0 Å². The number of alkyl halides is 3. The average molecular weight is 181 g/mol. The molecular weight excluding hydrogens is 175 g/mol. The lowest BCUT2D eigenvalue weighted by Gasteiger charge is -2.05. The standard InChI is InChI=1S/C5H6F3N3O/c6-5(7,8)4-3(2-10-12)1-9-11-4/h1,10,12H,2H2,(H,9,11). The van der Waals surface area contributed by atoms with E-state index < -0.39 is 11.9 Å². The maximum Gasteiger partial charge on any atom is 0.433 e. The number of halogens is 3. The fourth-order valence-corrected chi connectivity index (χ4v) is 0.776. The molecule has 1 aromatic rings. The summed E-state index contributed by atoms with van der Waals surface area (Å²) >= 11 is 0. The van der Waals surface area contributed by atoms with Crippen LogP contribution in [0, 0.1) is 0 Å². The number of aromatic amines is 1. The first-order valence-electron chi connectivity index (χ1n) is 3.02. The quantitative estimate of drug-likeness (QED) is 0.594. The minimum absolute atomic E-state index is 0.120. The summed E-state index contributed by atoms with van der Waals surface area (Å²) in [4.78, 5) is 0. The Balaban J connectivity index is 2.91.